The second-order valence-corrected chi connectivity index (χ2v) is 9.17. The SMILES string of the molecule is CCC(C)C.CCCCCCCCCCCCCCCCCCCCCC. The first-order valence-corrected chi connectivity index (χ1v) is 13.2. The molecule has 0 bridgehead atoms. The fourth-order valence-electron chi connectivity index (χ4n) is 3.33. The van der Waals surface area contributed by atoms with Gasteiger partial charge in [-0.2, -0.15) is 0 Å². The van der Waals surface area contributed by atoms with Gasteiger partial charge in [-0.3, -0.25) is 0 Å². The molecule has 0 saturated heterocycles. The standard InChI is InChI=1S/C22H46.C5H12/c1-3-5-7-9-11-13-15-17-19-21-22-20-18-16-14-12-10-8-6-4-2;1-4-5(2)3/h3-22H2,1-2H3;5H,4H2,1-3H3. The fourth-order valence-corrected chi connectivity index (χ4v) is 3.33. The smallest absolute Gasteiger partial charge is 0.0474 e. The summed E-state index contributed by atoms with van der Waals surface area (Å²) in [6, 6.07) is 0. The minimum Gasteiger partial charge on any atom is -0.0654 e. The van der Waals surface area contributed by atoms with E-state index in [9.17, 15) is 0 Å². The van der Waals surface area contributed by atoms with Gasteiger partial charge < -0.3 is 0 Å². The van der Waals surface area contributed by atoms with Crippen molar-refractivity contribution in [2.24, 2.45) is 5.92 Å². The van der Waals surface area contributed by atoms with Gasteiger partial charge in [0.05, 0.1) is 0 Å². The molecule has 0 radical (unpaired) electrons. The van der Waals surface area contributed by atoms with E-state index >= 15 is 0 Å². The molecule has 0 aromatic carbocycles. The highest BCUT2D eigenvalue weighted by molar-refractivity contribution is 4.50. The van der Waals surface area contributed by atoms with Crippen LogP contribution in [0, 0.1) is 5.92 Å². The highest BCUT2D eigenvalue weighted by Crippen LogP contribution is 2.14. The molecule has 0 fully saturated rings. The van der Waals surface area contributed by atoms with Gasteiger partial charge in [0.1, 0.15) is 0 Å². The Bertz CT molecular complexity index is 198. The van der Waals surface area contributed by atoms with Gasteiger partial charge in [0.25, 0.3) is 0 Å². The molecule has 0 N–H and O–H groups in total. The topological polar surface area (TPSA) is 0 Å². The van der Waals surface area contributed by atoms with Crippen molar-refractivity contribution in [3.05, 3.63) is 0 Å². The zero-order valence-corrected chi connectivity index (χ0v) is 20.4. The molecule has 0 amide bonds. The third kappa shape index (κ3) is 34.0. The molecule has 0 aliphatic carbocycles. The molecule has 0 heterocycles. The highest BCUT2D eigenvalue weighted by Gasteiger charge is 1.94. The number of rotatable bonds is 20. The van der Waals surface area contributed by atoms with E-state index < -0.39 is 0 Å². The molecule has 0 aromatic heterocycles. The first kappa shape index (κ1) is 29.2. The maximum Gasteiger partial charge on any atom is -0.0474 e. The maximum atomic E-state index is 2.30. The quantitative estimate of drug-likeness (QED) is 0.184. The van der Waals surface area contributed by atoms with E-state index in [4.69, 9.17) is 0 Å². The molecular formula is C27H58. The lowest BCUT2D eigenvalue weighted by Crippen LogP contribution is -1.84. The number of unbranched alkanes of at least 4 members (excludes halogenated alkanes) is 19. The molecule has 0 unspecified atom stereocenters. The summed E-state index contributed by atoms with van der Waals surface area (Å²) in [5.74, 6) is 0.884. The monoisotopic (exact) mass is 382 g/mol. The molecule has 0 rings (SSSR count). The minimum absolute atomic E-state index is 0.884. The van der Waals surface area contributed by atoms with Crippen LogP contribution in [0.15, 0.2) is 0 Å². The van der Waals surface area contributed by atoms with Crippen molar-refractivity contribution in [3.8, 4) is 0 Å². The molecule has 0 atom stereocenters. The van der Waals surface area contributed by atoms with Crippen LogP contribution in [0.25, 0.3) is 0 Å². The maximum absolute atomic E-state index is 2.30. The predicted molar refractivity (Wildman–Crippen MR) is 129 cm³/mol. The Morgan fingerprint density at radius 2 is 0.481 bits per heavy atom. The summed E-state index contributed by atoms with van der Waals surface area (Å²) in [5.41, 5.74) is 0. The molecule has 0 aliphatic rings. The van der Waals surface area contributed by atoms with E-state index in [-0.39, 0.29) is 0 Å². The Kier molecular flexibility index (Phi) is 30.5. The zero-order chi connectivity index (χ0) is 20.4. The molecule has 0 heteroatoms. The first-order valence-electron chi connectivity index (χ1n) is 13.2. The van der Waals surface area contributed by atoms with Gasteiger partial charge in [0.2, 0.25) is 0 Å². The van der Waals surface area contributed by atoms with Gasteiger partial charge in [-0.25, -0.2) is 0 Å². The molecular weight excluding hydrogens is 324 g/mol. The summed E-state index contributed by atoms with van der Waals surface area (Å²) in [4.78, 5) is 0. The second kappa shape index (κ2) is 28.2. The molecule has 0 aliphatic heterocycles. The highest BCUT2D eigenvalue weighted by atomic mass is 14.0. The molecule has 0 aromatic rings. The van der Waals surface area contributed by atoms with Crippen molar-refractivity contribution in [2.75, 3.05) is 0 Å². The normalized spacial score (nSPS) is 10.9. The predicted octanol–water partition coefficient (Wildman–Crippen LogP) is 10.9. The molecule has 0 nitrogen and oxygen atoms in total. The summed E-state index contributed by atoms with van der Waals surface area (Å²) in [7, 11) is 0. The average Bonchev–Trinajstić information content (AvgIpc) is 2.67. The molecule has 27 heavy (non-hydrogen) atoms. The van der Waals surface area contributed by atoms with Crippen molar-refractivity contribution in [3.63, 3.8) is 0 Å². The van der Waals surface area contributed by atoms with Crippen LogP contribution >= 0.6 is 0 Å². The van der Waals surface area contributed by atoms with Gasteiger partial charge in [-0.05, 0) is 5.92 Å². The Labute approximate surface area is 175 Å². The van der Waals surface area contributed by atoms with Crippen LogP contribution in [0.5, 0.6) is 0 Å². The summed E-state index contributed by atoms with van der Waals surface area (Å²) in [5, 5.41) is 0. The van der Waals surface area contributed by atoms with E-state index in [1.165, 1.54) is 135 Å². The van der Waals surface area contributed by atoms with Crippen LogP contribution in [-0.4, -0.2) is 0 Å². The van der Waals surface area contributed by atoms with Crippen molar-refractivity contribution >= 4 is 0 Å². The van der Waals surface area contributed by atoms with Crippen LogP contribution in [-0.2, 0) is 0 Å². The largest absolute Gasteiger partial charge is 0.0654 e. The third-order valence-electron chi connectivity index (χ3n) is 5.77. The van der Waals surface area contributed by atoms with Crippen molar-refractivity contribution in [2.45, 2.75) is 169 Å². The zero-order valence-electron chi connectivity index (χ0n) is 20.4. The minimum atomic E-state index is 0.884. The van der Waals surface area contributed by atoms with E-state index in [2.05, 4.69) is 34.6 Å². The van der Waals surface area contributed by atoms with Crippen molar-refractivity contribution in [1.82, 2.24) is 0 Å². The van der Waals surface area contributed by atoms with E-state index in [1.54, 1.807) is 0 Å². The summed E-state index contributed by atoms with van der Waals surface area (Å²) >= 11 is 0. The van der Waals surface area contributed by atoms with Gasteiger partial charge in [0.15, 0.2) is 0 Å². The fraction of sp³-hybridized carbons (Fsp3) is 1.00. The van der Waals surface area contributed by atoms with Crippen molar-refractivity contribution < 1.29 is 0 Å². The lowest BCUT2D eigenvalue weighted by atomic mass is 10.0. The second-order valence-electron chi connectivity index (χ2n) is 9.17. The number of hydrogen-bond donors (Lipinski definition) is 0. The third-order valence-corrected chi connectivity index (χ3v) is 5.77. The van der Waals surface area contributed by atoms with Crippen LogP contribution in [0.2, 0.25) is 0 Å². The first-order chi connectivity index (χ1) is 13.2. The average molecular weight is 383 g/mol. The lowest BCUT2D eigenvalue weighted by molar-refractivity contribution is 0.523. The Morgan fingerprint density at radius 1 is 0.333 bits per heavy atom. The Hall–Kier alpha value is 0. The molecule has 0 saturated carbocycles. The van der Waals surface area contributed by atoms with E-state index in [0.29, 0.717) is 0 Å². The summed E-state index contributed by atoms with van der Waals surface area (Å²) in [6.07, 6.45) is 30.7. The summed E-state index contributed by atoms with van der Waals surface area (Å²) < 4.78 is 0. The lowest BCUT2D eigenvalue weighted by Gasteiger charge is -2.03. The van der Waals surface area contributed by atoms with Crippen LogP contribution in [0.1, 0.15) is 169 Å². The van der Waals surface area contributed by atoms with Crippen LogP contribution < -0.4 is 0 Å². The van der Waals surface area contributed by atoms with Gasteiger partial charge in [-0.15, -0.1) is 0 Å². The van der Waals surface area contributed by atoms with Crippen LogP contribution in [0.3, 0.4) is 0 Å². The molecule has 166 valence electrons. The van der Waals surface area contributed by atoms with Gasteiger partial charge in [-0.1, -0.05) is 169 Å². The van der Waals surface area contributed by atoms with E-state index in [0.717, 1.165) is 5.92 Å². The summed E-state index contributed by atoms with van der Waals surface area (Å²) in [6.45, 7) is 11.2. The van der Waals surface area contributed by atoms with Gasteiger partial charge in [0, 0.05) is 0 Å². The van der Waals surface area contributed by atoms with Crippen LogP contribution in [0.4, 0.5) is 0 Å². The van der Waals surface area contributed by atoms with E-state index in [1.807, 2.05) is 0 Å². The Morgan fingerprint density at radius 3 is 0.593 bits per heavy atom. The van der Waals surface area contributed by atoms with Crippen molar-refractivity contribution in [1.29, 1.82) is 0 Å². The number of hydrogen-bond acceptors (Lipinski definition) is 0. The Balaban J connectivity index is 0. The molecule has 0 spiro atoms. The van der Waals surface area contributed by atoms with Gasteiger partial charge >= 0.3 is 0 Å².